The molecule has 0 saturated heterocycles. The molecule has 0 aliphatic rings. The zero-order chi connectivity index (χ0) is 20.3. The van der Waals surface area contributed by atoms with Crippen LogP contribution in [0.2, 0.25) is 0 Å². The van der Waals surface area contributed by atoms with Crippen LogP contribution in [0.15, 0.2) is 63.9 Å². The summed E-state index contributed by atoms with van der Waals surface area (Å²) in [5.41, 5.74) is 1.35. The molecule has 1 amide bonds. The predicted molar refractivity (Wildman–Crippen MR) is 110 cm³/mol. The number of nitrogens with one attached hydrogen (secondary N) is 2. The van der Waals surface area contributed by atoms with Gasteiger partial charge in [0.2, 0.25) is 15.9 Å². The van der Waals surface area contributed by atoms with E-state index >= 15 is 0 Å². The van der Waals surface area contributed by atoms with Gasteiger partial charge in [-0.25, -0.2) is 13.1 Å². The third-order valence-electron chi connectivity index (χ3n) is 4.30. The van der Waals surface area contributed by atoms with Gasteiger partial charge in [-0.3, -0.25) is 4.79 Å². The fourth-order valence-electron chi connectivity index (χ4n) is 2.82. The standard InChI is InChI=1S/C21H24N2O4S/c1-14(2)21(24)22-17-8-10-19(11-9-17)28(25,26)23-15(3)12-18-13-16-6-4-5-7-20(16)27-18/h4-11,13-15,23H,12H2,1-3H3,(H,22,24)/t15-/m0/s1. The van der Waals surface area contributed by atoms with Crippen molar-refractivity contribution in [3.05, 3.63) is 60.4 Å². The Morgan fingerprint density at radius 3 is 2.36 bits per heavy atom. The maximum absolute atomic E-state index is 12.6. The summed E-state index contributed by atoms with van der Waals surface area (Å²) in [6.45, 7) is 5.38. The molecule has 0 aliphatic heterocycles. The minimum atomic E-state index is -3.68. The molecule has 1 aromatic heterocycles. The monoisotopic (exact) mass is 400 g/mol. The summed E-state index contributed by atoms with van der Waals surface area (Å²) >= 11 is 0. The Hall–Kier alpha value is -2.64. The quantitative estimate of drug-likeness (QED) is 0.629. The predicted octanol–water partition coefficient (Wildman–Crippen LogP) is 3.94. The van der Waals surface area contributed by atoms with Crippen LogP contribution in [0.5, 0.6) is 0 Å². The van der Waals surface area contributed by atoms with Crippen molar-refractivity contribution in [1.29, 1.82) is 0 Å². The molecular formula is C21H24N2O4S. The summed E-state index contributed by atoms with van der Waals surface area (Å²) in [5.74, 6) is 0.459. The molecule has 3 aromatic rings. The molecule has 3 rings (SSSR count). The van der Waals surface area contributed by atoms with Crippen molar-refractivity contribution in [3.63, 3.8) is 0 Å². The Labute approximate surface area is 165 Å². The maximum atomic E-state index is 12.6. The molecule has 0 fully saturated rings. The van der Waals surface area contributed by atoms with Crippen LogP contribution in [-0.4, -0.2) is 20.4 Å². The Kier molecular flexibility index (Phi) is 5.86. The molecule has 6 nitrogen and oxygen atoms in total. The summed E-state index contributed by atoms with van der Waals surface area (Å²) in [5, 5.41) is 3.73. The zero-order valence-electron chi connectivity index (χ0n) is 16.1. The van der Waals surface area contributed by atoms with Crippen molar-refractivity contribution in [2.24, 2.45) is 5.92 Å². The highest BCUT2D eigenvalue weighted by Crippen LogP contribution is 2.20. The van der Waals surface area contributed by atoms with Gasteiger partial charge in [0.05, 0.1) is 4.90 Å². The lowest BCUT2D eigenvalue weighted by Crippen LogP contribution is -2.34. The SMILES string of the molecule is CC(C)C(=O)Nc1ccc(S(=O)(=O)N[C@@H](C)Cc2cc3ccccc3o2)cc1. The van der Waals surface area contributed by atoms with Gasteiger partial charge in [-0.2, -0.15) is 0 Å². The van der Waals surface area contributed by atoms with E-state index in [9.17, 15) is 13.2 Å². The maximum Gasteiger partial charge on any atom is 0.240 e. The molecular weight excluding hydrogens is 376 g/mol. The third-order valence-corrected chi connectivity index (χ3v) is 5.90. The highest BCUT2D eigenvalue weighted by atomic mass is 32.2. The van der Waals surface area contributed by atoms with Crippen molar-refractivity contribution >= 4 is 32.6 Å². The van der Waals surface area contributed by atoms with Gasteiger partial charge >= 0.3 is 0 Å². The molecule has 0 aliphatic carbocycles. The van der Waals surface area contributed by atoms with E-state index in [-0.39, 0.29) is 22.8 Å². The molecule has 1 atom stereocenters. The number of carbonyl (C=O) groups excluding carboxylic acids is 1. The summed E-state index contributed by atoms with van der Waals surface area (Å²) in [7, 11) is -3.68. The molecule has 2 N–H and O–H groups in total. The first kappa shape index (κ1) is 20.1. The first-order valence-electron chi connectivity index (χ1n) is 9.15. The second-order valence-corrected chi connectivity index (χ2v) is 8.86. The van der Waals surface area contributed by atoms with Crippen LogP contribution in [-0.2, 0) is 21.2 Å². The van der Waals surface area contributed by atoms with Crippen LogP contribution in [0.4, 0.5) is 5.69 Å². The third kappa shape index (κ3) is 4.79. The number of hydrogen-bond acceptors (Lipinski definition) is 4. The number of para-hydroxylation sites is 1. The van der Waals surface area contributed by atoms with Gasteiger partial charge in [-0.05, 0) is 43.3 Å². The van der Waals surface area contributed by atoms with Gasteiger partial charge in [0.25, 0.3) is 0 Å². The Bertz CT molecular complexity index is 1040. The van der Waals surface area contributed by atoms with Gasteiger partial charge in [0.1, 0.15) is 11.3 Å². The lowest BCUT2D eigenvalue weighted by Gasteiger charge is -2.14. The first-order chi connectivity index (χ1) is 13.2. The smallest absolute Gasteiger partial charge is 0.240 e. The van der Waals surface area contributed by atoms with Crippen LogP contribution in [0.1, 0.15) is 26.5 Å². The fraction of sp³-hybridized carbons (Fsp3) is 0.286. The number of anilines is 1. The molecule has 1 heterocycles. The zero-order valence-corrected chi connectivity index (χ0v) is 16.9. The first-order valence-corrected chi connectivity index (χ1v) is 10.6. The number of hydrogen-bond donors (Lipinski definition) is 2. The normalized spacial score (nSPS) is 13.0. The molecule has 0 radical (unpaired) electrons. The van der Waals surface area contributed by atoms with Crippen molar-refractivity contribution in [3.8, 4) is 0 Å². The van der Waals surface area contributed by atoms with Gasteiger partial charge < -0.3 is 9.73 Å². The largest absolute Gasteiger partial charge is 0.461 e. The van der Waals surface area contributed by atoms with Crippen molar-refractivity contribution in [2.75, 3.05) is 5.32 Å². The second kappa shape index (κ2) is 8.16. The van der Waals surface area contributed by atoms with E-state index in [2.05, 4.69) is 10.0 Å². The van der Waals surface area contributed by atoms with Crippen LogP contribution in [0, 0.1) is 5.92 Å². The summed E-state index contributed by atoms with van der Waals surface area (Å²) in [6, 6.07) is 15.4. The number of fused-ring (bicyclic) bond motifs is 1. The van der Waals surface area contributed by atoms with Crippen LogP contribution in [0.25, 0.3) is 11.0 Å². The van der Waals surface area contributed by atoms with Crippen molar-refractivity contribution < 1.29 is 17.6 Å². The molecule has 0 unspecified atom stereocenters. The summed E-state index contributed by atoms with van der Waals surface area (Å²) in [4.78, 5) is 11.9. The molecule has 2 aromatic carbocycles. The average molecular weight is 401 g/mol. The highest BCUT2D eigenvalue weighted by molar-refractivity contribution is 7.89. The topological polar surface area (TPSA) is 88.4 Å². The van der Waals surface area contributed by atoms with Crippen molar-refractivity contribution in [1.82, 2.24) is 4.72 Å². The second-order valence-electron chi connectivity index (χ2n) is 7.15. The summed E-state index contributed by atoms with van der Waals surface area (Å²) in [6.07, 6.45) is 0.441. The fourth-order valence-corrected chi connectivity index (χ4v) is 4.06. The van der Waals surface area contributed by atoms with Crippen molar-refractivity contribution in [2.45, 2.75) is 38.1 Å². The van der Waals surface area contributed by atoms with Gasteiger partial charge in [-0.15, -0.1) is 0 Å². The average Bonchev–Trinajstić information content (AvgIpc) is 3.03. The van der Waals surface area contributed by atoms with E-state index < -0.39 is 10.0 Å². The van der Waals surface area contributed by atoms with E-state index in [1.807, 2.05) is 30.3 Å². The van der Waals surface area contributed by atoms with E-state index in [0.717, 1.165) is 16.7 Å². The molecule has 0 spiro atoms. The number of sulfonamides is 1. The Morgan fingerprint density at radius 2 is 1.71 bits per heavy atom. The Morgan fingerprint density at radius 1 is 1.04 bits per heavy atom. The van der Waals surface area contributed by atoms with E-state index in [1.54, 1.807) is 32.9 Å². The van der Waals surface area contributed by atoms with Gasteiger partial charge in [0.15, 0.2) is 0 Å². The molecule has 148 valence electrons. The number of carbonyl (C=O) groups is 1. The minimum absolute atomic E-state index is 0.117. The van der Waals surface area contributed by atoms with Gasteiger partial charge in [0, 0.05) is 29.5 Å². The molecule has 0 saturated carbocycles. The minimum Gasteiger partial charge on any atom is -0.461 e. The van der Waals surface area contributed by atoms with Crippen LogP contribution in [0.3, 0.4) is 0 Å². The number of furan rings is 1. The summed E-state index contributed by atoms with van der Waals surface area (Å²) < 4.78 is 33.7. The highest BCUT2D eigenvalue weighted by Gasteiger charge is 2.19. The number of amides is 1. The molecule has 0 bridgehead atoms. The van der Waals surface area contributed by atoms with E-state index in [1.165, 1.54) is 12.1 Å². The Balaban J connectivity index is 1.66. The lowest BCUT2D eigenvalue weighted by atomic mass is 10.2. The van der Waals surface area contributed by atoms with Crippen LogP contribution < -0.4 is 10.0 Å². The lowest BCUT2D eigenvalue weighted by molar-refractivity contribution is -0.118. The van der Waals surface area contributed by atoms with Gasteiger partial charge in [-0.1, -0.05) is 32.0 Å². The number of benzene rings is 2. The van der Waals surface area contributed by atoms with E-state index in [0.29, 0.717) is 12.1 Å². The van der Waals surface area contributed by atoms with Crippen LogP contribution >= 0.6 is 0 Å². The molecule has 28 heavy (non-hydrogen) atoms. The number of rotatable bonds is 7. The molecule has 7 heteroatoms. The van der Waals surface area contributed by atoms with E-state index in [4.69, 9.17) is 4.42 Å².